The molecule has 0 aromatic carbocycles. The molecule has 27 unspecified atom stereocenters. The zero-order valence-corrected chi connectivity index (χ0v) is 46.8. The van der Waals surface area contributed by atoms with Gasteiger partial charge < -0.3 is 81.8 Å². The molecule has 440 valence electrons. The van der Waals surface area contributed by atoms with E-state index in [-0.39, 0.29) is 31.5 Å². The molecule has 2 saturated heterocycles. The van der Waals surface area contributed by atoms with E-state index in [1.165, 1.54) is 6.33 Å². The minimum Gasteiger partial charge on any atom is -0.481 e. The Morgan fingerprint density at radius 3 is 2.47 bits per heavy atom. The van der Waals surface area contributed by atoms with E-state index in [2.05, 4.69) is 76.1 Å². The van der Waals surface area contributed by atoms with Crippen LogP contribution in [0.25, 0.3) is 0 Å². The zero-order chi connectivity index (χ0) is 57.1. The highest BCUT2D eigenvalue weighted by molar-refractivity contribution is 5.88. The Kier molecular flexibility index (Phi) is 13.3. The van der Waals surface area contributed by atoms with Crippen molar-refractivity contribution in [3.05, 3.63) is 41.9 Å². The molecule has 5 heterocycles. The number of H-pyrrole nitrogens is 2. The molecule has 0 radical (unpaired) electrons. The summed E-state index contributed by atoms with van der Waals surface area (Å²) in [6.07, 6.45) is 0.460. The van der Waals surface area contributed by atoms with Gasteiger partial charge in [-0.25, -0.2) is 9.97 Å². The number of carboxylic acid groups (broad SMARTS) is 1. The summed E-state index contributed by atoms with van der Waals surface area (Å²) in [7, 11) is 0. The van der Waals surface area contributed by atoms with Crippen LogP contribution in [0.4, 0.5) is 5.82 Å². The molecule has 2 spiro atoms. The van der Waals surface area contributed by atoms with E-state index in [9.17, 15) is 50.8 Å². The SMILES string of the molecule is CC1(CO)CCC2(C(=O)O)C(C1)C1=CC3C#CC4CCCC45C(=O)NC(C(c4cnc[nH]4)C(O)CC(N)O)C5C4C#CCCC1(C1Cc5[nH]cnc5NCC12)C1(C)CCC2C(C)(CO)C(OC5OCC(O)C(O)C5O)C(O)C4C2(C)C31. The normalized spacial score (nSPS) is 50.0. The lowest BCUT2D eigenvalue weighted by Gasteiger charge is -2.77. The third kappa shape index (κ3) is 7.37. The number of aliphatic hydroxyl groups is 8. The lowest BCUT2D eigenvalue weighted by Crippen LogP contribution is -2.76. The van der Waals surface area contributed by atoms with Crippen LogP contribution < -0.4 is 16.4 Å². The monoisotopic (exact) mass is 1120 g/mol. The summed E-state index contributed by atoms with van der Waals surface area (Å²) in [5.41, 5.74) is 1.59. The number of carbonyl (C=O) groups is 2. The molecule has 20 nitrogen and oxygen atoms in total. The van der Waals surface area contributed by atoms with Gasteiger partial charge in [0, 0.05) is 90.3 Å². The number of aliphatic hydroxyl groups excluding tert-OH is 8. The van der Waals surface area contributed by atoms with E-state index < -0.39 is 165 Å². The summed E-state index contributed by atoms with van der Waals surface area (Å²) >= 11 is 0. The van der Waals surface area contributed by atoms with Crippen molar-refractivity contribution in [2.45, 2.75) is 166 Å². The van der Waals surface area contributed by atoms with Gasteiger partial charge in [0.05, 0.1) is 60.7 Å². The molecule has 13 rings (SSSR count). The maximum Gasteiger partial charge on any atom is 0.310 e. The number of aromatic nitrogens is 4. The van der Waals surface area contributed by atoms with Gasteiger partial charge in [-0.3, -0.25) is 9.59 Å². The number of allylic oxidation sites excluding steroid dienone is 2. The Labute approximate surface area is 472 Å². The Morgan fingerprint density at radius 2 is 1.74 bits per heavy atom. The second-order valence-electron chi connectivity index (χ2n) is 28.1. The first kappa shape index (κ1) is 55.8. The fourth-order valence-electron chi connectivity index (χ4n) is 21.8. The fraction of sp³-hybridized carbons (Fsp3) is 0.770. The number of anilines is 1. The summed E-state index contributed by atoms with van der Waals surface area (Å²) in [5, 5.41) is 114. The molecule has 5 saturated carbocycles. The lowest BCUT2D eigenvalue weighted by atomic mass is 9.26. The molecule has 8 aliphatic carbocycles. The molecule has 2 aromatic rings. The molecule has 20 heteroatoms. The lowest BCUT2D eigenvalue weighted by molar-refractivity contribution is -0.346. The number of carboxylic acids is 1. The number of nitrogens with zero attached hydrogens (tertiary/aromatic N) is 2. The molecular formula is C61H83N7O13. The Bertz CT molecular complexity index is 2970. The van der Waals surface area contributed by atoms with Crippen molar-refractivity contribution in [2.75, 3.05) is 31.7 Å². The molecule has 5 bridgehead atoms. The minimum atomic E-state index is -1.73. The predicted molar refractivity (Wildman–Crippen MR) is 290 cm³/mol. The van der Waals surface area contributed by atoms with Gasteiger partial charge in [-0.05, 0) is 104 Å². The molecule has 3 aliphatic heterocycles. The van der Waals surface area contributed by atoms with Crippen molar-refractivity contribution >= 4 is 17.7 Å². The number of carbonyl (C=O) groups excluding carboxylic acids is 1. The van der Waals surface area contributed by atoms with Crippen LogP contribution in [0.5, 0.6) is 0 Å². The van der Waals surface area contributed by atoms with Crippen LogP contribution >= 0.6 is 0 Å². The molecule has 15 N–H and O–H groups in total. The number of ether oxygens (including phenoxy) is 2. The van der Waals surface area contributed by atoms with Gasteiger partial charge in [0.25, 0.3) is 0 Å². The van der Waals surface area contributed by atoms with Crippen molar-refractivity contribution < 1.29 is 65.0 Å². The quantitative estimate of drug-likeness (QED) is 0.0698. The van der Waals surface area contributed by atoms with Crippen molar-refractivity contribution in [3.63, 3.8) is 0 Å². The molecule has 1 amide bonds. The number of hydrogen-bond acceptors (Lipinski definition) is 16. The van der Waals surface area contributed by atoms with E-state index in [1.54, 1.807) is 12.5 Å². The Hall–Kier alpha value is -4.42. The minimum absolute atomic E-state index is 0.111. The first-order valence-corrected chi connectivity index (χ1v) is 29.9. The first-order valence-electron chi connectivity index (χ1n) is 29.9. The number of imidazole rings is 2. The molecule has 81 heavy (non-hydrogen) atoms. The van der Waals surface area contributed by atoms with E-state index >= 15 is 4.79 Å². The van der Waals surface area contributed by atoms with Crippen molar-refractivity contribution in [1.82, 2.24) is 25.3 Å². The van der Waals surface area contributed by atoms with Crippen LogP contribution in [-0.4, -0.2) is 159 Å². The number of aromatic amines is 2. The van der Waals surface area contributed by atoms with E-state index in [0.29, 0.717) is 88.7 Å². The summed E-state index contributed by atoms with van der Waals surface area (Å²) in [4.78, 5) is 46.4. The Morgan fingerprint density at radius 1 is 0.938 bits per heavy atom. The smallest absolute Gasteiger partial charge is 0.310 e. The number of aliphatic carboxylic acids is 1. The average Bonchev–Trinajstić information content (AvgIpc) is 2.20. The second kappa shape index (κ2) is 19.3. The van der Waals surface area contributed by atoms with Crippen LogP contribution in [-0.2, 0) is 25.5 Å². The van der Waals surface area contributed by atoms with Crippen LogP contribution in [0.3, 0.4) is 0 Å². The second-order valence-corrected chi connectivity index (χ2v) is 28.1. The molecule has 2 aromatic heterocycles. The van der Waals surface area contributed by atoms with Gasteiger partial charge in [-0.1, -0.05) is 63.5 Å². The summed E-state index contributed by atoms with van der Waals surface area (Å²) in [6.45, 7) is 8.02. The summed E-state index contributed by atoms with van der Waals surface area (Å²) in [6, 6.07) is -0.886. The number of rotatable bonds is 10. The van der Waals surface area contributed by atoms with Crippen molar-refractivity contribution in [3.8, 4) is 23.7 Å². The third-order valence-corrected chi connectivity index (χ3v) is 24.9. The highest BCUT2D eigenvalue weighted by Gasteiger charge is 2.80. The van der Waals surface area contributed by atoms with Gasteiger partial charge in [0.15, 0.2) is 6.29 Å². The van der Waals surface area contributed by atoms with E-state index in [1.807, 2.05) is 6.92 Å². The first-order chi connectivity index (χ1) is 38.6. The highest BCUT2D eigenvalue weighted by Crippen LogP contribution is 2.82. The van der Waals surface area contributed by atoms with Gasteiger partial charge in [-0.15, -0.1) is 5.92 Å². The van der Waals surface area contributed by atoms with Crippen molar-refractivity contribution in [2.24, 2.45) is 103 Å². The average molecular weight is 1120 g/mol. The number of amides is 1. The zero-order valence-electron chi connectivity index (χ0n) is 46.8. The standard InChI is InChI=1S/C61H83N7O13/c1-55(25-69)16-17-60(54(78)79)34(21-55)32-18-29-10-11-30-8-7-13-59(30)43(45(68-53(59)77)42(37-23-63-27-65-37)38(71)20-41(62)73)31-9-5-6-14-61(32,33-19-36-51(67-28-66-36)64-22-35(33)60)57(3)15-12-40-56(2,26-70)50(47(75)44(31)58(40,4)49(29)57)81-52-48(76)46(74)39(72)24-80-52/h18,23,27-31,33-35,38-50,52,64,69-76H,6-8,12-17,19-22,24-26,62H2,1-4H3,(H,63,65)(H,66,67)(H,68,77)(H,78,79). The summed E-state index contributed by atoms with van der Waals surface area (Å²) < 4.78 is 12.9. The third-order valence-electron chi connectivity index (χ3n) is 24.9. The molecule has 7 fully saturated rings. The van der Waals surface area contributed by atoms with Gasteiger partial charge in [0.2, 0.25) is 5.91 Å². The van der Waals surface area contributed by atoms with Gasteiger partial charge in [-0.2, -0.15) is 0 Å². The van der Waals surface area contributed by atoms with E-state index in [4.69, 9.17) is 20.2 Å². The number of fused-ring (bicyclic) bond motifs is 6. The fourth-order valence-corrected chi connectivity index (χ4v) is 21.8. The Balaban J connectivity index is 1.12. The maximum atomic E-state index is 15.8. The van der Waals surface area contributed by atoms with Crippen LogP contribution in [0, 0.1) is 121 Å². The largest absolute Gasteiger partial charge is 0.481 e. The van der Waals surface area contributed by atoms with Crippen molar-refractivity contribution in [1.29, 1.82) is 0 Å². The topological polar surface area (TPSA) is 342 Å². The van der Waals surface area contributed by atoms with E-state index in [0.717, 1.165) is 11.3 Å². The molecule has 11 aliphatic rings. The van der Waals surface area contributed by atoms with Crippen LogP contribution in [0.2, 0.25) is 0 Å². The maximum absolute atomic E-state index is 15.8. The number of hydrogen-bond donors (Lipinski definition) is 14. The number of nitrogens with one attached hydrogen (secondary N) is 4. The van der Waals surface area contributed by atoms with Crippen LogP contribution in [0.1, 0.15) is 116 Å². The van der Waals surface area contributed by atoms with Crippen LogP contribution in [0.15, 0.2) is 30.5 Å². The summed E-state index contributed by atoms with van der Waals surface area (Å²) in [5.74, 6) is 8.37. The molecule has 27 atom stereocenters. The van der Waals surface area contributed by atoms with Gasteiger partial charge in [0.1, 0.15) is 30.4 Å². The van der Waals surface area contributed by atoms with Gasteiger partial charge >= 0.3 is 5.97 Å². The predicted octanol–water partition coefficient (Wildman–Crippen LogP) is 1.75. The number of nitrogens with two attached hydrogens (primary N) is 1. The highest BCUT2D eigenvalue weighted by atomic mass is 16.7. The molecular weight excluding hydrogens is 1040 g/mol.